The van der Waals surface area contributed by atoms with Gasteiger partial charge in [0.15, 0.2) is 0 Å². The lowest BCUT2D eigenvalue weighted by molar-refractivity contribution is -0.119. The number of imidazole rings is 1. The Morgan fingerprint density at radius 2 is 2.00 bits per heavy atom. The molecule has 2 aliphatic heterocycles. The zero-order valence-corrected chi connectivity index (χ0v) is 13.9. The lowest BCUT2D eigenvalue weighted by Crippen LogP contribution is -2.43. The molecule has 1 aromatic heterocycles. The van der Waals surface area contributed by atoms with Crippen LogP contribution >= 0.6 is 11.8 Å². The first-order valence-electron chi connectivity index (χ1n) is 8.01. The lowest BCUT2D eigenvalue weighted by Gasteiger charge is -2.22. The summed E-state index contributed by atoms with van der Waals surface area (Å²) in [6.45, 7) is 0. The van der Waals surface area contributed by atoms with E-state index in [0.29, 0.717) is 17.3 Å². The summed E-state index contributed by atoms with van der Waals surface area (Å²) in [5, 5.41) is 2.75. The summed E-state index contributed by atoms with van der Waals surface area (Å²) in [6, 6.07) is 14.7. The van der Waals surface area contributed by atoms with Gasteiger partial charge in [-0.15, -0.1) is 11.8 Å². The Morgan fingerprint density at radius 1 is 1.20 bits per heavy atom. The van der Waals surface area contributed by atoms with Crippen molar-refractivity contribution >= 4 is 40.6 Å². The predicted molar refractivity (Wildman–Crippen MR) is 96.3 cm³/mol. The number of rotatable bonds is 2. The van der Waals surface area contributed by atoms with Gasteiger partial charge in [0.2, 0.25) is 11.9 Å². The van der Waals surface area contributed by atoms with E-state index in [4.69, 9.17) is 0 Å². The highest BCUT2D eigenvalue weighted by Crippen LogP contribution is 2.48. The Bertz CT molecular complexity index is 982. The molecule has 0 unspecified atom stereocenters. The maximum Gasteiger partial charge on any atom is 0.256 e. The van der Waals surface area contributed by atoms with Crippen LogP contribution in [0.15, 0.2) is 48.5 Å². The van der Waals surface area contributed by atoms with Crippen LogP contribution in [-0.2, 0) is 4.79 Å². The van der Waals surface area contributed by atoms with Crippen LogP contribution in [0.5, 0.6) is 0 Å². The molecule has 2 amide bonds. The number of fused-ring (bicyclic) bond motifs is 4. The molecular weight excluding hydrogens is 336 g/mol. The van der Waals surface area contributed by atoms with E-state index in [2.05, 4.69) is 15.3 Å². The molecule has 0 aliphatic carbocycles. The maximum atomic E-state index is 12.8. The number of anilines is 1. The van der Waals surface area contributed by atoms with Crippen molar-refractivity contribution in [2.24, 2.45) is 0 Å². The van der Waals surface area contributed by atoms with E-state index >= 15 is 0 Å². The number of carbonyl (C=O) groups excluding carboxylic acids is 2. The van der Waals surface area contributed by atoms with E-state index in [-0.39, 0.29) is 17.2 Å². The third kappa shape index (κ3) is 2.16. The Hall–Kier alpha value is -2.80. The minimum absolute atomic E-state index is 0.0737. The Labute approximate surface area is 147 Å². The van der Waals surface area contributed by atoms with Crippen molar-refractivity contribution in [3.63, 3.8) is 0 Å². The summed E-state index contributed by atoms with van der Waals surface area (Å²) in [5.74, 6) is 0.700. The molecule has 25 heavy (non-hydrogen) atoms. The van der Waals surface area contributed by atoms with Crippen LogP contribution in [0, 0.1) is 0 Å². The van der Waals surface area contributed by atoms with Gasteiger partial charge in [-0.3, -0.25) is 14.9 Å². The summed E-state index contributed by atoms with van der Waals surface area (Å²) in [7, 11) is 0. The van der Waals surface area contributed by atoms with Gasteiger partial charge in [-0.25, -0.2) is 4.98 Å². The first-order chi connectivity index (χ1) is 12.2. The molecule has 3 aromatic rings. The van der Waals surface area contributed by atoms with Crippen molar-refractivity contribution < 1.29 is 9.59 Å². The number of H-pyrrole nitrogens is 1. The second-order valence-corrected chi connectivity index (χ2v) is 7.21. The standard InChI is InChI=1S/C18H14N4O2S/c23-15(21-18-19-12-7-3-4-8-13(12)20-18)14-9-25-17-11-6-2-1-5-10(11)16(24)22(14)17/h1-8,14,17H,9H2,(H2,19,20,21,23)/t14-,17-/m0/s1. The fourth-order valence-electron chi connectivity index (χ4n) is 3.45. The molecule has 2 atom stereocenters. The first kappa shape index (κ1) is 14.5. The van der Waals surface area contributed by atoms with Crippen LogP contribution < -0.4 is 5.32 Å². The number of hydrogen-bond acceptors (Lipinski definition) is 4. The van der Waals surface area contributed by atoms with Crippen molar-refractivity contribution in [3.8, 4) is 0 Å². The predicted octanol–water partition coefficient (Wildman–Crippen LogP) is 2.77. The molecule has 2 N–H and O–H groups in total. The molecule has 6 nitrogen and oxygen atoms in total. The van der Waals surface area contributed by atoms with E-state index in [0.717, 1.165) is 16.6 Å². The topological polar surface area (TPSA) is 78.1 Å². The molecule has 3 heterocycles. The van der Waals surface area contributed by atoms with E-state index < -0.39 is 6.04 Å². The molecule has 0 radical (unpaired) electrons. The van der Waals surface area contributed by atoms with Crippen LogP contribution in [0.25, 0.3) is 11.0 Å². The summed E-state index contributed by atoms with van der Waals surface area (Å²) < 4.78 is 0. The van der Waals surface area contributed by atoms with E-state index in [1.165, 1.54) is 0 Å². The SMILES string of the molecule is O=C(Nc1nc2ccccc2[nH]1)[C@@H]1CS[C@H]2c3ccccc3C(=O)N12. The smallest absolute Gasteiger partial charge is 0.256 e. The number of para-hydroxylation sites is 2. The second-order valence-electron chi connectivity index (χ2n) is 6.09. The Morgan fingerprint density at radius 3 is 2.88 bits per heavy atom. The highest BCUT2D eigenvalue weighted by atomic mass is 32.2. The average molecular weight is 350 g/mol. The van der Waals surface area contributed by atoms with Gasteiger partial charge in [-0.2, -0.15) is 0 Å². The molecule has 2 aliphatic rings. The van der Waals surface area contributed by atoms with Crippen molar-refractivity contribution in [2.45, 2.75) is 11.4 Å². The van der Waals surface area contributed by atoms with Crippen LogP contribution in [0.4, 0.5) is 5.95 Å². The van der Waals surface area contributed by atoms with Gasteiger partial charge in [-0.05, 0) is 23.8 Å². The van der Waals surface area contributed by atoms with Crippen LogP contribution in [0.2, 0.25) is 0 Å². The van der Waals surface area contributed by atoms with Crippen molar-refractivity contribution in [3.05, 3.63) is 59.7 Å². The summed E-state index contributed by atoms with van der Waals surface area (Å²) in [4.78, 5) is 34.6. The van der Waals surface area contributed by atoms with Crippen molar-refractivity contribution in [2.75, 3.05) is 11.1 Å². The summed E-state index contributed by atoms with van der Waals surface area (Å²) in [6.07, 6.45) is 0. The number of amides is 2. The fourth-order valence-corrected chi connectivity index (χ4v) is 4.92. The molecular formula is C18H14N4O2S. The van der Waals surface area contributed by atoms with Gasteiger partial charge < -0.3 is 9.88 Å². The van der Waals surface area contributed by atoms with Gasteiger partial charge in [0.1, 0.15) is 11.4 Å². The zero-order valence-electron chi connectivity index (χ0n) is 13.1. The highest BCUT2D eigenvalue weighted by molar-refractivity contribution is 7.99. The van der Waals surface area contributed by atoms with E-state index in [1.54, 1.807) is 16.7 Å². The zero-order chi connectivity index (χ0) is 17.0. The fraction of sp³-hybridized carbons (Fsp3) is 0.167. The number of carbonyl (C=O) groups is 2. The molecule has 1 saturated heterocycles. The third-order valence-corrected chi connectivity index (χ3v) is 5.93. The van der Waals surface area contributed by atoms with Gasteiger partial charge >= 0.3 is 0 Å². The lowest BCUT2D eigenvalue weighted by atomic mass is 10.1. The maximum absolute atomic E-state index is 12.8. The van der Waals surface area contributed by atoms with Crippen molar-refractivity contribution in [1.29, 1.82) is 0 Å². The van der Waals surface area contributed by atoms with E-state index in [9.17, 15) is 9.59 Å². The van der Waals surface area contributed by atoms with Crippen LogP contribution in [0.1, 0.15) is 21.3 Å². The van der Waals surface area contributed by atoms with Gasteiger partial charge in [-0.1, -0.05) is 30.3 Å². The molecule has 7 heteroatoms. The number of nitrogens with one attached hydrogen (secondary N) is 2. The largest absolute Gasteiger partial charge is 0.324 e. The Kier molecular flexibility index (Phi) is 3.11. The number of aromatic amines is 1. The minimum atomic E-state index is -0.497. The number of nitrogens with zero attached hydrogens (tertiary/aromatic N) is 2. The summed E-state index contributed by atoms with van der Waals surface area (Å²) >= 11 is 1.63. The van der Waals surface area contributed by atoms with E-state index in [1.807, 2.05) is 48.5 Å². The molecule has 5 rings (SSSR count). The summed E-state index contributed by atoms with van der Waals surface area (Å²) in [5.41, 5.74) is 3.35. The number of thioether (sulfide) groups is 1. The van der Waals surface area contributed by atoms with Gasteiger partial charge in [0.05, 0.1) is 11.0 Å². The monoisotopic (exact) mass is 350 g/mol. The average Bonchev–Trinajstić information content (AvgIpc) is 3.30. The quantitative estimate of drug-likeness (QED) is 0.745. The highest BCUT2D eigenvalue weighted by Gasteiger charge is 2.48. The molecule has 0 bridgehead atoms. The number of aromatic nitrogens is 2. The first-order valence-corrected chi connectivity index (χ1v) is 9.06. The minimum Gasteiger partial charge on any atom is -0.324 e. The molecule has 0 spiro atoms. The number of benzene rings is 2. The Balaban J connectivity index is 1.41. The van der Waals surface area contributed by atoms with Gasteiger partial charge in [0.25, 0.3) is 5.91 Å². The number of hydrogen-bond donors (Lipinski definition) is 2. The molecule has 2 aromatic carbocycles. The molecule has 1 fully saturated rings. The molecule has 124 valence electrons. The van der Waals surface area contributed by atoms with Crippen molar-refractivity contribution in [1.82, 2.24) is 14.9 Å². The van der Waals surface area contributed by atoms with Gasteiger partial charge in [0, 0.05) is 11.3 Å². The normalized spacial score (nSPS) is 21.4. The van der Waals surface area contributed by atoms with Crippen LogP contribution in [-0.4, -0.2) is 38.5 Å². The van der Waals surface area contributed by atoms with Crippen LogP contribution in [0.3, 0.4) is 0 Å². The second kappa shape index (κ2) is 5.35. The third-order valence-electron chi connectivity index (χ3n) is 4.63. The molecule has 0 saturated carbocycles.